The van der Waals surface area contributed by atoms with Gasteiger partial charge in [-0.3, -0.25) is 4.79 Å². The van der Waals surface area contributed by atoms with Crippen LogP contribution in [0.5, 0.6) is 0 Å². The van der Waals surface area contributed by atoms with Gasteiger partial charge < -0.3 is 21.1 Å². The van der Waals surface area contributed by atoms with Gasteiger partial charge in [0.25, 0.3) is 5.91 Å². The zero-order chi connectivity index (χ0) is 14.4. The van der Waals surface area contributed by atoms with Crippen LogP contribution >= 0.6 is 0 Å². The molecule has 1 saturated carbocycles. The second-order valence-corrected chi connectivity index (χ2v) is 5.25. The van der Waals surface area contributed by atoms with Crippen molar-refractivity contribution in [1.82, 2.24) is 14.8 Å². The summed E-state index contributed by atoms with van der Waals surface area (Å²) in [6.07, 6.45) is 1.14. The first-order valence-electron chi connectivity index (χ1n) is 6.44. The minimum atomic E-state index is -1.11. The van der Waals surface area contributed by atoms with E-state index in [0.29, 0.717) is 12.8 Å². The molecule has 1 fully saturated rings. The highest BCUT2D eigenvalue weighted by molar-refractivity contribution is 5.89. The van der Waals surface area contributed by atoms with Gasteiger partial charge in [-0.05, 0) is 18.4 Å². The van der Waals surface area contributed by atoms with Crippen LogP contribution in [0.4, 0.5) is 0 Å². The van der Waals surface area contributed by atoms with E-state index in [0.717, 1.165) is 5.57 Å². The summed E-state index contributed by atoms with van der Waals surface area (Å²) < 4.78 is 1.25. The molecule has 0 unspecified atom stereocenters. The van der Waals surface area contributed by atoms with Gasteiger partial charge in [-0.2, -0.15) is 5.10 Å². The van der Waals surface area contributed by atoms with Crippen LogP contribution in [0, 0.1) is 5.92 Å². The first-order valence-corrected chi connectivity index (χ1v) is 6.44. The average Bonchev–Trinajstić information content (AvgIpc) is 2.96. The fourth-order valence-electron chi connectivity index (χ4n) is 3.16. The van der Waals surface area contributed by atoms with Gasteiger partial charge in [0.1, 0.15) is 18.5 Å². The van der Waals surface area contributed by atoms with Crippen LogP contribution in [0.25, 0.3) is 0 Å². The number of carbonyl (C=O) groups excluding carboxylic acids is 1. The molecule has 0 radical (unpaired) electrons. The molecule has 0 bridgehead atoms. The number of aliphatic hydroxyl groups excluding tert-OH is 3. The van der Waals surface area contributed by atoms with Crippen molar-refractivity contribution in [2.24, 2.45) is 11.7 Å². The molecule has 2 aliphatic rings. The van der Waals surface area contributed by atoms with Gasteiger partial charge in [-0.15, -0.1) is 0 Å². The minimum absolute atomic E-state index is 0.0612. The maximum absolute atomic E-state index is 11.3. The van der Waals surface area contributed by atoms with Gasteiger partial charge in [0, 0.05) is 5.92 Å². The van der Waals surface area contributed by atoms with E-state index in [1.165, 1.54) is 11.0 Å². The Hall–Kier alpha value is -1.77. The van der Waals surface area contributed by atoms with E-state index in [4.69, 9.17) is 5.73 Å². The highest BCUT2D eigenvalue weighted by Gasteiger charge is 2.49. The Balaban J connectivity index is 2.04. The molecule has 1 heterocycles. The van der Waals surface area contributed by atoms with Crippen molar-refractivity contribution < 1.29 is 20.1 Å². The summed E-state index contributed by atoms with van der Waals surface area (Å²) in [4.78, 5) is 15.1. The third-order valence-corrected chi connectivity index (χ3v) is 4.06. The molecule has 2 aliphatic carbocycles. The summed E-state index contributed by atoms with van der Waals surface area (Å²) in [5, 5.41) is 34.0. The zero-order valence-corrected chi connectivity index (χ0v) is 10.6. The number of aliphatic hydroxyl groups is 3. The van der Waals surface area contributed by atoms with E-state index in [2.05, 4.69) is 10.1 Å². The van der Waals surface area contributed by atoms with Crippen molar-refractivity contribution in [3.8, 4) is 0 Å². The number of fused-ring (bicyclic) bond motifs is 1. The zero-order valence-electron chi connectivity index (χ0n) is 10.6. The molecule has 1 aromatic rings. The molecule has 1 aromatic heterocycles. The minimum Gasteiger partial charge on any atom is -0.393 e. The standard InChI is InChI=1S/C12H16N4O4/c13-11(20)12-14-4-15-16(12)8-6-2-1-5(17)3-7(6)9(18)10(8)19/h2,4-5,7-10,17-19H,1,3H2,(H2,13,20)/t5-,7+,8-,9-,10+/m1/s1. The van der Waals surface area contributed by atoms with Crippen LogP contribution in [0.15, 0.2) is 18.0 Å². The highest BCUT2D eigenvalue weighted by Crippen LogP contribution is 2.45. The number of nitrogens with two attached hydrogens (primary N) is 1. The fraction of sp³-hybridized carbons (Fsp3) is 0.583. The van der Waals surface area contributed by atoms with Crippen LogP contribution in [-0.2, 0) is 0 Å². The maximum Gasteiger partial charge on any atom is 0.286 e. The molecule has 0 aliphatic heterocycles. The van der Waals surface area contributed by atoms with Gasteiger partial charge in [-0.25, -0.2) is 9.67 Å². The van der Waals surface area contributed by atoms with E-state index in [1.807, 2.05) is 0 Å². The molecule has 3 rings (SSSR count). The number of hydrogen-bond donors (Lipinski definition) is 4. The third-order valence-electron chi connectivity index (χ3n) is 4.06. The van der Waals surface area contributed by atoms with Crippen LogP contribution in [0.2, 0.25) is 0 Å². The van der Waals surface area contributed by atoms with Crippen molar-refractivity contribution in [3.05, 3.63) is 23.8 Å². The molecule has 5 atom stereocenters. The Morgan fingerprint density at radius 3 is 2.80 bits per heavy atom. The predicted octanol–water partition coefficient (Wildman–Crippen LogP) is -1.65. The number of nitrogens with zero attached hydrogens (tertiary/aromatic N) is 3. The number of aromatic nitrogens is 3. The molecule has 0 aromatic carbocycles. The summed E-state index contributed by atoms with van der Waals surface area (Å²) in [6, 6.07) is -0.674. The van der Waals surface area contributed by atoms with E-state index in [1.54, 1.807) is 6.08 Å². The molecule has 1 amide bonds. The second kappa shape index (κ2) is 4.65. The summed E-state index contributed by atoms with van der Waals surface area (Å²) in [7, 11) is 0. The topological polar surface area (TPSA) is 134 Å². The van der Waals surface area contributed by atoms with Crippen molar-refractivity contribution in [1.29, 1.82) is 0 Å². The quantitative estimate of drug-likeness (QED) is 0.479. The van der Waals surface area contributed by atoms with E-state index >= 15 is 0 Å². The average molecular weight is 280 g/mol. The number of hydrogen-bond acceptors (Lipinski definition) is 6. The van der Waals surface area contributed by atoms with E-state index < -0.39 is 30.3 Å². The number of rotatable bonds is 2. The first kappa shape index (κ1) is 13.2. The monoisotopic (exact) mass is 280 g/mol. The van der Waals surface area contributed by atoms with Crippen molar-refractivity contribution >= 4 is 5.91 Å². The molecule has 8 nitrogen and oxygen atoms in total. The smallest absolute Gasteiger partial charge is 0.286 e. The second-order valence-electron chi connectivity index (χ2n) is 5.25. The summed E-state index contributed by atoms with van der Waals surface area (Å²) in [5.74, 6) is -1.15. The predicted molar refractivity (Wildman–Crippen MR) is 66.4 cm³/mol. The lowest BCUT2D eigenvalue weighted by atomic mass is 9.86. The Morgan fingerprint density at radius 2 is 2.10 bits per heavy atom. The molecule has 0 spiro atoms. The number of primary amides is 1. The lowest BCUT2D eigenvalue weighted by molar-refractivity contribution is -0.00502. The van der Waals surface area contributed by atoms with Crippen LogP contribution in [0.1, 0.15) is 29.5 Å². The molecular weight excluding hydrogens is 264 g/mol. The van der Waals surface area contributed by atoms with Gasteiger partial charge in [0.05, 0.1) is 12.2 Å². The van der Waals surface area contributed by atoms with E-state index in [9.17, 15) is 20.1 Å². The Kier molecular flexibility index (Phi) is 3.08. The van der Waals surface area contributed by atoms with Crippen LogP contribution < -0.4 is 5.73 Å². The van der Waals surface area contributed by atoms with Crippen molar-refractivity contribution in [2.75, 3.05) is 0 Å². The molecule has 108 valence electrons. The normalized spacial score (nSPS) is 36.5. The lowest BCUT2D eigenvalue weighted by Crippen LogP contribution is -2.32. The summed E-state index contributed by atoms with van der Waals surface area (Å²) in [6.45, 7) is 0. The lowest BCUT2D eigenvalue weighted by Gasteiger charge is -2.25. The molecule has 0 saturated heterocycles. The fourth-order valence-corrected chi connectivity index (χ4v) is 3.16. The van der Waals surface area contributed by atoms with Gasteiger partial charge in [-0.1, -0.05) is 6.08 Å². The summed E-state index contributed by atoms with van der Waals surface area (Å²) >= 11 is 0. The molecular formula is C12H16N4O4. The van der Waals surface area contributed by atoms with Crippen LogP contribution in [-0.4, -0.2) is 54.3 Å². The SMILES string of the molecule is NC(=O)c1ncnn1[C@@H]1C2=CC[C@@H](O)C[C@@H]2[C@@H](O)[C@H]1O. The molecule has 5 N–H and O–H groups in total. The Labute approximate surface area is 114 Å². The van der Waals surface area contributed by atoms with Crippen LogP contribution in [0.3, 0.4) is 0 Å². The van der Waals surface area contributed by atoms with E-state index in [-0.39, 0.29) is 11.7 Å². The largest absolute Gasteiger partial charge is 0.393 e. The summed E-state index contributed by atoms with van der Waals surface area (Å²) in [5.41, 5.74) is 6.00. The first-order chi connectivity index (χ1) is 9.50. The molecule has 20 heavy (non-hydrogen) atoms. The Bertz CT molecular complexity index is 570. The third kappa shape index (κ3) is 1.84. The number of carbonyl (C=O) groups is 1. The molecule has 8 heteroatoms. The maximum atomic E-state index is 11.3. The highest BCUT2D eigenvalue weighted by atomic mass is 16.3. The van der Waals surface area contributed by atoms with Gasteiger partial charge in [0.15, 0.2) is 0 Å². The van der Waals surface area contributed by atoms with Crippen molar-refractivity contribution in [3.63, 3.8) is 0 Å². The van der Waals surface area contributed by atoms with Crippen molar-refractivity contribution in [2.45, 2.75) is 37.2 Å². The Morgan fingerprint density at radius 1 is 1.35 bits per heavy atom. The van der Waals surface area contributed by atoms with Gasteiger partial charge in [0.2, 0.25) is 5.82 Å². The number of amides is 1. The van der Waals surface area contributed by atoms with Gasteiger partial charge >= 0.3 is 0 Å².